The lowest BCUT2D eigenvalue weighted by Gasteiger charge is -2.15. The van der Waals surface area contributed by atoms with E-state index in [1.807, 2.05) is 6.92 Å². The molecular weight excluding hydrogens is 249 g/mol. The molecule has 106 valence electrons. The maximum atomic E-state index is 13.7. The minimum atomic E-state index is -0.765. The number of aliphatic hydroxyl groups is 1. The van der Waals surface area contributed by atoms with Crippen LogP contribution in [-0.4, -0.2) is 23.7 Å². The average molecular weight is 269 g/mol. The highest BCUT2D eigenvalue weighted by molar-refractivity contribution is 5.80. The second-order valence-corrected chi connectivity index (χ2v) is 4.42. The lowest BCUT2D eigenvalue weighted by molar-refractivity contribution is -0.127. The summed E-state index contributed by atoms with van der Waals surface area (Å²) >= 11 is 0. The van der Waals surface area contributed by atoms with Gasteiger partial charge in [0.15, 0.2) is 17.7 Å². The molecule has 0 radical (unpaired) electrons. The number of carbonyl (C=O) groups is 1. The molecule has 2 atom stereocenters. The summed E-state index contributed by atoms with van der Waals surface area (Å²) in [6.45, 7) is 5.62. The van der Waals surface area contributed by atoms with Crippen LogP contribution in [0, 0.1) is 5.82 Å². The van der Waals surface area contributed by atoms with Gasteiger partial charge in [0.25, 0.3) is 5.91 Å². The third-order valence-corrected chi connectivity index (χ3v) is 2.66. The van der Waals surface area contributed by atoms with Crippen LogP contribution in [0.1, 0.15) is 38.9 Å². The van der Waals surface area contributed by atoms with Crippen molar-refractivity contribution >= 4 is 5.91 Å². The van der Waals surface area contributed by atoms with Crippen LogP contribution >= 0.6 is 0 Å². The molecular formula is C14H20FNO3. The first kappa shape index (κ1) is 15.4. The van der Waals surface area contributed by atoms with Crippen molar-refractivity contribution in [3.63, 3.8) is 0 Å². The van der Waals surface area contributed by atoms with Crippen molar-refractivity contribution in [2.75, 3.05) is 6.54 Å². The predicted molar refractivity (Wildman–Crippen MR) is 70.4 cm³/mol. The quantitative estimate of drug-likeness (QED) is 0.832. The lowest BCUT2D eigenvalue weighted by atomic mass is 10.1. The van der Waals surface area contributed by atoms with Crippen LogP contribution in [0.4, 0.5) is 4.39 Å². The van der Waals surface area contributed by atoms with E-state index in [0.29, 0.717) is 12.1 Å². The molecule has 0 aliphatic heterocycles. The number of rotatable bonds is 6. The van der Waals surface area contributed by atoms with Crippen molar-refractivity contribution in [1.29, 1.82) is 0 Å². The topological polar surface area (TPSA) is 58.6 Å². The highest BCUT2D eigenvalue weighted by Crippen LogP contribution is 2.22. The summed E-state index contributed by atoms with van der Waals surface area (Å²) in [5, 5.41) is 12.0. The molecule has 1 aromatic rings. The van der Waals surface area contributed by atoms with Crippen molar-refractivity contribution in [3.05, 3.63) is 29.6 Å². The fourth-order valence-corrected chi connectivity index (χ4v) is 1.51. The number of aliphatic hydroxyl groups excluding tert-OH is 1. The van der Waals surface area contributed by atoms with E-state index in [2.05, 4.69) is 5.32 Å². The number of ether oxygens (including phenoxy) is 1. The molecule has 0 fully saturated rings. The molecule has 19 heavy (non-hydrogen) atoms. The summed E-state index contributed by atoms with van der Waals surface area (Å²) in [7, 11) is 0. The highest BCUT2D eigenvalue weighted by Gasteiger charge is 2.16. The van der Waals surface area contributed by atoms with Crippen molar-refractivity contribution in [3.8, 4) is 5.75 Å². The maximum absolute atomic E-state index is 13.7. The highest BCUT2D eigenvalue weighted by atomic mass is 19.1. The van der Waals surface area contributed by atoms with E-state index in [0.717, 1.165) is 6.42 Å². The molecule has 0 saturated heterocycles. The molecule has 0 heterocycles. The first-order valence-electron chi connectivity index (χ1n) is 6.37. The third kappa shape index (κ3) is 4.52. The van der Waals surface area contributed by atoms with E-state index in [1.165, 1.54) is 12.1 Å². The van der Waals surface area contributed by atoms with E-state index < -0.39 is 18.0 Å². The Morgan fingerprint density at radius 2 is 2.16 bits per heavy atom. The Morgan fingerprint density at radius 1 is 1.47 bits per heavy atom. The van der Waals surface area contributed by atoms with Crippen molar-refractivity contribution in [1.82, 2.24) is 5.32 Å². The lowest BCUT2D eigenvalue weighted by Crippen LogP contribution is -2.36. The Bertz CT molecular complexity index is 435. The van der Waals surface area contributed by atoms with Gasteiger partial charge in [-0.05, 0) is 38.0 Å². The predicted octanol–water partition coefficient (Wildman–Crippen LogP) is 2.17. The Kier molecular flexibility index (Phi) is 5.76. The van der Waals surface area contributed by atoms with Crippen LogP contribution in [0.5, 0.6) is 5.75 Å². The van der Waals surface area contributed by atoms with Crippen LogP contribution in [0.2, 0.25) is 0 Å². The van der Waals surface area contributed by atoms with Gasteiger partial charge in [-0.15, -0.1) is 0 Å². The molecule has 4 nitrogen and oxygen atoms in total. The fraction of sp³-hybridized carbons (Fsp3) is 0.500. The molecule has 0 aliphatic carbocycles. The van der Waals surface area contributed by atoms with Gasteiger partial charge in [0.05, 0.1) is 6.10 Å². The first-order valence-corrected chi connectivity index (χ1v) is 6.37. The van der Waals surface area contributed by atoms with Crippen LogP contribution in [-0.2, 0) is 4.79 Å². The summed E-state index contributed by atoms with van der Waals surface area (Å²) < 4.78 is 19.0. The number of benzene rings is 1. The Labute approximate surface area is 112 Å². The summed E-state index contributed by atoms with van der Waals surface area (Å²) in [5.41, 5.74) is 0.466. The molecule has 0 saturated carbocycles. The van der Waals surface area contributed by atoms with Crippen LogP contribution in [0.15, 0.2) is 18.2 Å². The molecule has 0 aromatic heterocycles. The molecule has 0 spiro atoms. The standard InChI is InChI=1S/C14H20FNO3/c1-4-7-16-14(18)10(3)19-13-6-5-11(9(2)17)8-12(13)15/h5-6,8-10,17H,4,7H2,1-3H3,(H,16,18)/t9-,10?/m0/s1. The third-order valence-electron chi connectivity index (χ3n) is 2.66. The summed E-state index contributed by atoms with van der Waals surface area (Å²) in [5.74, 6) is -0.863. The summed E-state index contributed by atoms with van der Waals surface area (Å²) in [4.78, 5) is 11.6. The zero-order chi connectivity index (χ0) is 14.4. The van der Waals surface area contributed by atoms with E-state index in [1.54, 1.807) is 19.9 Å². The van der Waals surface area contributed by atoms with E-state index in [-0.39, 0.29) is 11.7 Å². The number of hydrogen-bond donors (Lipinski definition) is 2. The second-order valence-electron chi connectivity index (χ2n) is 4.42. The molecule has 1 unspecified atom stereocenters. The van der Waals surface area contributed by atoms with E-state index in [4.69, 9.17) is 4.74 Å². The maximum Gasteiger partial charge on any atom is 0.260 e. The van der Waals surface area contributed by atoms with E-state index >= 15 is 0 Å². The Hall–Kier alpha value is -1.62. The Morgan fingerprint density at radius 3 is 2.68 bits per heavy atom. The number of carbonyl (C=O) groups excluding carboxylic acids is 1. The molecule has 1 aromatic carbocycles. The summed E-state index contributed by atoms with van der Waals surface area (Å²) in [6, 6.07) is 4.19. The van der Waals surface area contributed by atoms with Gasteiger partial charge in [0.1, 0.15) is 0 Å². The smallest absolute Gasteiger partial charge is 0.260 e. The van der Waals surface area contributed by atoms with Crippen LogP contribution in [0.25, 0.3) is 0 Å². The van der Waals surface area contributed by atoms with Crippen molar-refractivity contribution < 1.29 is 19.0 Å². The molecule has 1 amide bonds. The zero-order valence-electron chi connectivity index (χ0n) is 11.4. The molecule has 0 aliphatic rings. The largest absolute Gasteiger partial charge is 0.478 e. The molecule has 1 rings (SSSR count). The van der Waals surface area contributed by atoms with Gasteiger partial charge in [-0.25, -0.2) is 4.39 Å². The van der Waals surface area contributed by atoms with Gasteiger partial charge >= 0.3 is 0 Å². The van der Waals surface area contributed by atoms with Gasteiger partial charge in [0.2, 0.25) is 0 Å². The molecule has 5 heteroatoms. The number of halogens is 1. The van der Waals surface area contributed by atoms with Crippen LogP contribution in [0.3, 0.4) is 0 Å². The Balaban J connectivity index is 2.69. The van der Waals surface area contributed by atoms with Crippen LogP contribution < -0.4 is 10.1 Å². The molecule has 2 N–H and O–H groups in total. The number of amides is 1. The average Bonchev–Trinajstić information content (AvgIpc) is 2.37. The SMILES string of the molecule is CCCNC(=O)C(C)Oc1ccc([C@H](C)O)cc1F. The van der Waals surface area contributed by atoms with Gasteiger partial charge in [-0.1, -0.05) is 13.0 Å². The van der Waals surface area contributed by atoms with Crippen molar-refractivity contribution in [2.45, 2.75) is 39.4 Å². The van der Waals surface area contributed by atoms with Gasteiger partial charge in [-0.3, -0.25) is 4.79 Å². The van der Waals surface area contributed by atoms with Gasteiger partial charge in [-0.2, -0.15) is 0 Å². The fourth-order valence-electron chi connectivity index (χ4n) is 1.51. The number of hydrogen-bond acceptors (Lipinski definition) is 3. The molecule has 0 bridgehead atoms. The number of nitrogens with one attached hydrogen (secondary N) is 1. The summed E-state index contributed by atoms with van der Waals surface area (Å²) in [6.07, 6.45) is -0.678. The monoisotopic (exact) mass is 269 g/mol. The van der Waals surface area contributed by atoms with E-state index in [9.17, 15) is 14.3 Å². The first-order chi connectivity index (χ1) is 8.95. The zero-order valence-corrected chi connectivity index (χ0v) is 11.4. The normalized spacial score (nSPS) is 13.7. The van der Waals surface area contributed by atoms with Gasteiger partial charge < -0.3 is 15.2 Å². The minimum absolute atomic E-state index is 0.00329. The second kappa shape index (κ2) is 7.09. The van der Waals surface area contributed by atoms with Crippen molar-refractivity contribution in [2.24, 2.45) is 0 Å². The minimum Gasteiger partial charge on any atom is -0.478 e. The van der Waals surface area contributed by atoms with Gasteiger partial charge in [0, 0.05) is 6.54 Å².